The highest BCUT2D eigenvalue weighted by Crippen LogP contribution is 2.33. The first-order chi connectivity index (χ1) is 17.6. The lowest BCUT2D eigenvalue weighted by Crippen LogP contribution is -2.41. The van der Waals surface area contributed by atoms with Gasteiger partial charge in [-0.15, -0.1) is 0 Å². The Hall–Kier alpha value is -3.87. The molecule has 1 fully saturated rings. The van der Waals surface area contributed by atoms with Crippen LogP contribution in [0.4, 0.5) is 17.2 Å². The maximum Gasteiger partial charge on any atom is 0.139 e. The number of ether oxygens (including phenoxy) is 1. The van der Waals surface area contributed by atoms with Crippen molar-refractivity contribution in [2.45, 2.75) is 13.0 Å². The van der Waals surface area contributed by atoms with E-state index in [1.807, 2.05) is 48.7 Å². The van der Waals surface area contributed by atoms with Crippen LogP contribution in [0.1, 0.15) is 6.92 Å². The molecule has 0 bridgehead atoms. The molecular formula is C29H26ClN5O. The van der Waals surface area contributed by atoms with Crippen LogP contribution in [0.2, 0.25) is 5.02 Å². The number of pyridine rings is 1. The van der Waals surface area contributed by atoms with Gasteiger partial charge in [-0.3, -0.25) is 0 Å². The van der Waals surface area contributed by atoms with Crippen LogP contribution < -0.4 is 10.2 Å². The van der Waals surface area contributed by atoms with Gasteiger partial charge in [-0.2, -0.15) is 0 Å². The number of hydrogen-bond acceptors (Lipinski definition) is 5. The van der Waals surface area contributed by atoms with Crippen molar-refractivity contribution >= 4 is 39.7 Å². The van der Waals surface area contributed by atoms with Gasteiger partial charge in [-0.05, 0) is 55.0 Å². The summed E-state index contributed by atoms with van der Waals surface area (Å²) in [5, 5.41) is 5.25. The Kier molecular flexibility index (Phi) is 6.05. The molecule has 0 amide bonds. The predicted molar refractivity (Wildman–Crippen MR) is 147 cm³/mol. The Morgan fingerprint density at radius 3 is 2.78 bits per heavy atom. The summed E-state index contributed by atoms with van der Waals surface area (Å²) in [6, 6.07) is 26.4. The molecule has 2 N–H and O–H groups in total. The summed E-state index contributed by atoms with van der Waals surface area (Å²) in [5.74, 6) is 1.71. The van der Waals surface area contributed by atoms with Crippen LogP contribution >= 0.6 is 11.6 Å². The fourth-order valence-electron chi connectivity index (χ4n) is 4.62. The standard InChI is InChI=1S/C29H26ClN5O/c1-19-18-35(14-15-36-19)28-13-11-22-25(8-5-9-26(22)33-28)32-21-10-12-24(30)23(16-21)29-31-17-27(34-29)20-6-3-2-4-7-20/h2-13,16-17,19,32H,14-15,18H2,1H3,(H,31,34). The number of nitrogens with one attached hydrogen (secondary N) is 2. The maximum atomic E-state index is 6.57. The topological polar surface area (TPSA) is 66.1 Å². The minimum absolute atomic E-state index is 0.210. The summed E-state index contributed by atoms with van der Waals surface area (Å²) in [6.07, 6.45) is 2.05. The second-order valence-corrected chi connectivity index (χ2v) is 9.41. The Balaban J connectivity index is 1.29. The number of morpholine rings is 1. The molecule has 6 nitrogen and oxygen atoms in total. The third-order valence-corrected chi connectivity index (χ3v) is 6.77. The molecule has 3 aromatic carbocycles. The Morgan fingerprint density at radius 2 is 1.92 bits per heavy atom. The molecule has 5 aromatic rings. The monoisotopic (exact) mass is 495 g/mol. The number of aromatic amines is 1. The van der Waals surface area contributed by atoms with Crippen molar-refractivity contribution < 1.29 is 4.74 Å². The molecule has 3 heterocycles. The normalized spacial score (nSPS) is 15.8. The molecule has 36 heavy (non-hydrogen) atoms. The van der Waals surface area contributed by atoms with E-state index in [0.29, 0.717) is 5.02 Å². The minimum Gasteiger partial charge on any atom is -0.375 e. The van der Waals surface area contributed by atoms with Crippen molar-refractivity contribution in [2.75, 3.05) is 29.9 Å². The number of hydrogen-bond donors (Lipinski definition) is 2. The first-order valence-corrected chi connectivity index (χ1v) is 12.5. The van der Waals surface area contributed by atoms with Gasteiger partial charge < -0.3 is 19.9 Å². The van der Waals surface area contributed by atoms with Crippen molar-refractivity contribution in [3.8, 4) is 22.6 Å². The number of aromatic nitrogens is 3. The summed E-state index contributed by atoms with van der Waals surface area (Å²) in [6.45, 7) is 4.53. The van der Waals surface area contributed by atoms with E-state index in [9.17, 15) is 0 Å². The fourth-order valence-corrected chi connectivity index (χ4v) is 4.83. The van der Waals surface area contributed by atoms with Crippen LogP contribution in [-0.2, 0) is 4.74 Å². The summed E-state index contributed by atoms with van der Waals surface area (Å²) >= 11 is 6.57. The number of fused-ring (bicyclic) bond motifs is 1. The predicted octanol–water partition coefficient (Wildman–Crippen LogP) is 6.91. The van der Waals surface area contributed by atoms with Gasteiger partial charge in [0.05, 0.1) is 35.1 Å². The van der Waals surface area contributed by atoms with Crippen molar-refractivity contribution in [1.82, 2.24) is 15.0 Å². The van der Waals surface area contributed by atoms with Crippen LogP contribution in [0, 0.1) is 0 Å². The van der Waals surface area contributed by atoms with Crippen molar-refractivity contribution in [3.05, 3.63) is 90.1 Å². The van der Waals surface area contributed by atoms with Gasteiger partial charge in [0.1, 0.15) is 11.6 Å². The number of halogens is 1. The number of nitrogens with zero attached hydrogens (tertiary/aromatic N) is 3. The number of benzene rings is 3. The highest BCUT2D eigenvalue weighted by molar-refractivity contribution is 6.33. The SMILES string of the molecule is CC1CN(c2ccc3c(Nc4ccc(Cl)c(-c5ncc(-c6ccccc6)[nH]5)c4)cccc3n2)CCO1. The largest absolute Gasteiger partial charge is 0.375 e. The third-order valence-electron chi connectivity index (χ3n) is 6.44. The zero-order valence-corrected chi connectivity index (χ0v) is 20.7. The lowest BCUT2D eigenvalue weighted by Gasteiger charge is -2.32. The van der Waals surface area contributed by atoms with Gasteiger partial charge in [-0.25, -0.2) is 9.97 Å². The molecule has 2 aromatic heterocycles. The van der Waals surface area contributed by atoms with E-state index >= 15 is 0 Å². The molecule has 0 radical (unpaired) electrons. The Bertz CT molecular complexity index is 1520. The van der Waals surface area contributed by atoms with E-state index < -0.39 is 0 Å². The molecule has 6 rings (SSSR count). The molecule has 0 aliphatic carbocycles. The highest BCUT2D eigenvalue weighted by atomic mass is 35.5. The smallest absolute Gasteiger partial charge is 0.139 e. The molecular weight excluding hydrogens is 470 g/mol. The van der Waals surface area contributed by atoms with E-state index in [2.05, 4.69) is 63.5 Å². The average Bonchev–Trinajstić information content (AvgIpc) is 3.40. The number of anilines is 3. The van der Waals surface area contributed by atoms with Gasteiger partial charge in [0, 0.05) is 35.4 Å². The van der Waals surface area contributed by atoms with Crippen LogP contribution in [-0.4, -0.2) is 40.8 Å². The molecule has 180 valence electrons. The third kappa shape index (κ3) is 4.53. The first-order valence-electron chi connectivity index (χ1n) is 12.1. The van der Waals surface area contributed by atoms with Gasteiger partial charge in [-0.1, -0.05) is 48.0 Å². The Morgan fingerprint density at radius 1 is 1.03 bits per heavy atom. The summed E-state index contributed by atoms with van der Waals surface area (Å²) in [4.78, 5) is 15.2. The summed E-state index contributed by atoms with van der Waals surface area (Å²) in [7, 11) is 0. The molecule has 1 saturated heterocycles. The van der Waals surface area contributed by atoms with Crippen LogP contribution in [0.15, 0.2) is 85.1 Å². The molecule has 1 unspecified atom stereocenters. The molecule has 0 spiro atoms. The number of H-pyrrole nitrogens is 1. The molecule has 1 aliphatic heterocycles. The summed E-state index contributed by atoms with van der Waals surface area (Å²) < 4.78 is 5.68. The van der Waals surface area contributed by atoms with Crippen molar-refractivity contribution in [1.29, 1.82) is 0 Å². The van der Waals surface area contributed by atoms with E-state index in [1.54, 1.807) is 0 Å². The van der Waals surface area contributed by atoms with Crippen molar-refractivity contribution in [2.24, 2.45) is 0 Å². The van der Waals surface area contributed by atoms with Gasteiger partial charge in [0.25, 0.3) is 0 Å². The number of rotatable bonds is 5. The van der Waals surface area contributed by atoms with E-state index in [1.165, 1.54) is 0 Å². The first kappa shape index (κ1) is 22.6. The van der Waals surface area contributed by atoms with Gasteiger partial charge in [0.2, 0.25) is 0 Å². The molecule has 1 aliphatic rings. The van der Waals surface area contributed by atoms with Crippen molar-refractivity contribution in [3.63, 3.8) is 0 Å². The minimum atomic E-state index is 0.210. The van der Waals surface area contributed by atoms with Crippen LogP contribution in [0.3, 0.4) is 0 Å². The average molecular weight is 496 g/mol. The molecule has 0 saturated carbocycles. The van der Waals surface area contributed by atoms with E-state index in [-0.39, 0.29) is 6.10 Å². The van der Waals surface area contributed by atoms with E-state index in [4.69, 9.17) is 21.3 Å². The van der Waals surface area contributed by atoms with E-state index in [0.717, 1.165) is 70.4 Å². The zero-order chi connectivity index (χ0) is 24.5. The Labute approximate surface area is 214 Å². The highest BCUT2D eigenvalue weighted by Gasteiger charge is 2.18. The van der Waals surface area contributed by atoms with Crippen LogP contribution in [0.25, 0.3) is 33.5 Å². The summed E-state index contributed by atoms with van der Waals surface area (Å²) in [5.41, 5.74) is 5.72. The molecule has 1 atom stereocenters. The maximum absolute atomic E-state index is 6.57. The second-order valence-electron chi connectivity index (χ2n) is 9.00. The quantitative estimate of drug-likeness (QED) is 0.277. The zero-order valence-electron chi connectivity index (χ0n) is 19.9. The van der Waals surface area contributed by atoms with Gasteiger partial charge in [0.15, 0.2) is 0 Å². The fraction of sp³-hybridized carbons (Fsp3) is 0.172. The molecule has 7 heteroatoms. The lowest BCUT2D eigenvalue weighted by molar-refractivity contribution is 0.0529. The van der Waals surface area contributed by atoms with Gasteiger partial charge >= 0.3 is 0 Å². The lowest BCUT2D eigenvalue weighted by atomic mass is 10.1. The van der Waals surface area contributed by atoms with Crippen LogP contribution in [0.5, 0.6) is 0 Å². The number of imidazole rings is 1. The second kappa shape index (κ2) is 9.64.